The Morgan fingerprint density at radius 2 is 1.85 bits per heavy atom. The van der Waals surface area contributed by atoms with Crippen LogP contribution < -0.4 is 5.32 Å². The van der Waals surface area contributed by atoms with E-state index in [1.165, 1.54) is 0 Å². The first kappa shape index (κ1) is 20.0. The van der Waals surface area contributed by atoms with E-state index in [0.29, 0.717) is 18.3 Å². The van der Waals surface area contributed by atoms with Crippen LogP contribution in [0.15, 0.2) is 18.3 Å². The molecule has 0 radical (unpaired) electrons. The quantitative estimate of drug-likeness (QED) is 0.613. The van der Waals surface area contributed by atoms with E-state index in [1.54, 1.807) is 0 Å². The van der Waals surface area contributed by atoms with Crippen molar-refractivity contribution in [1.29, 1.82) is 0 Å². The van der Waals surface area contributed by atoms with E-state index in [9.17, 15) is 31.1 Å². The van der Waals surface area contributed by atoms with Crippen LogP contribution in [0.3, 0.4) is 0 Å². The minimum absolute atomic E-state index is 0.0199. The predicted molar refractivity (Wildman–Crippen MR) is 81.3 cm³/mol. The third kappa shape index (κ3) is 4.27. The van der Waals surface area contributed by atoms with Crippen LogP contribution in [0.5, 0.6) is 0 Å². The maximum Gasteiger partial charge on any atom is 0.417 e. The van der Waals surface area contributed by atoms with Crippen LogP contribution in [0.1, 0.15) is 27.2 Å². The van der Waals surface area contributed by atoms with Crippen LogP contribution in [0.2, 0.25) is 5.02 Å². The fraction of sp³-hybridized carbons (Fsp3) is 0.250. The lowest BCUT2D eigenvalue weighted by atomic mass is 10.1. The van der Waals surface area contributed by atoms with Crippen LogP contribution in [0.4, 0.5) is 26.3 Å². The number of benzene rings is 1. The zero-order valence-electron chi connectivity index (χ0n) is 13.1. The zero-order valence-corrected chi connectivity index (χ0v) is 13.9. The van der Waals surface area contributed by atoms with Crippen LogP contribution >= 0.6 is 11.6 Å². The monoisotopic (exact) mass is 396 g/mol. The molecule has 26 heavy (non-hydrogen) atoms. The summed E-state index contributed by atoms with van der Waals surface area (Å²) in [5, 5.41) is 2.09. The topological polar surface area (TPSA) is 42.0 Å². The molecule has 0 aliphatic rings. The summed E-state index contributed by atoms with van der Waals surface area (Å²) in [6.45, 7) is 0.998. The van der Waals surface area contributed by atoms with Gasteiger partial charge in [0.15, 0.2) is 17.5 Å². The summed E-state index contributed by atoms with van der Waals surface area (Å²) in [4.78, 5) is 15.6. The average molecular weight is 397 g/mol. The zero-order chi connectivity index (χ0) is 19.6. The molecule has 2 aromatic rings. The molecule has 0 unspecified atom stereocenters. The minimum Gasteiger partial charge on any atom is -0.352 e. The minimum atomic E-state index is -4.59. The molecule has 0 fully saturated rings. The van der Waals surface area contributed by atoms with Gasteiger partial charge in [-0.25, -0.2) is 13.2 Å². The van der Waals surface area contributed by atoms with Crippen molar-refractivity contribution in [2.24, 2.45) is 0 Å². The molecule has 3 nitrogen and oxygen atoms in total. The number of carbonyl (C=O) groups is 1. The number of hydrogen-bond acceptors (Lipinski definition) is 2. The highest BCUT2D eigenvalue weighted by Gasteiger charge is 2.31. The van der Waals surface area contributed by atoms with Crippen LogP contribution in [-0.2, 0) is 12.6 Å². The van der Waals surface area contributed by atoms with Crippen molar-refractivity contribution >= 4 is 17.5 Å². The van der Waals surface area contributed by atoms with Crippen molar-refractivity contribution in [2.75, 3.05) is 6.54 Å². The standard InChI is InChI=1S/C16H11ClF6N2O/c1-7-9(5-11(18)14(20)13(7)19)15(26)24-3-2-12-10(17)4-8(6-25-12)16(21,22)23/h4-6H,2-3H2,1H3,(H,24,26). The molecule has 1 aromatic heterocycles. The maximum absolute atomic E-state index is 13.5. The molecule has 140 valence electrons. The van der Waals surface area contributed by atoms with Crippen molar-refractivity contribution in [3.63, 3.8) is 0 Å². The molecule has 0 aliphatic carbocycles. The largest absolute Gasteiger partial charge is 0.417 e. The number of alkyl halides is 3. The number of nitrogens with zero attached hydrogens (tertiary/aromatic N) is 1. The number of amides is 1. The Labute approximate surface area is 149 Å². The highest BCUT2D eigenvalue weighted by atomic mass is 35.5. The lowest BCUT2D eigenvalue weighted by molar-refractivity contribution is -0.137. The Morgan fingerprint density at radius 3 is 2.42 bits per heavy atom. The maximum atomic E-state index is 13.5. The van der Waals surface area contributed by atoms with E-state index in [-0.39, 0.29) is 29.2 Å². The number of hydrogen-bond donors (Lipinski definition) is 1. The molecule has 1 heterocycles. The van der Waals surface area contributed by atoms with Gasteiger partial charge in [-0.3, -0.25) is 9.78 Å². The van der Waals surface area contributed by atoms with Crippen LogP contribution in [-0.4, -0.2) is 17.4 Å². The lowest BCUT2D eigenvalue weighted by Gasteiger charge is -2.11. The second-order valence-corrected chi connectivity index (χ2v) is 5.72. The van der Waals surface area contributed by atoms with Gasteiger partial charge in [0.1, 0.15) is 0 Å². The molecule has 1 aromatic carbocycles. The summed E-state index contributed by atoms with van der Waals surface area (Å²) in [5.41, 5.74) is -1.67. The van der Waals surface area contributed by atoms with E-state index in [2.05, 4.69) is 10.3 Å². The summed E-state index contributed by atoms with van der Waals surface area (Å²) < 4.78 is 77.4. The summed E-state index contributed by atoms with van der Waals surface area (Å²) in [5.74, 6) is -5.53. The second-order valence-electron chi connectivity index (χ2n) is 5.32. The molecule has 0 spiro atoms. The van der Waals surface area contributed by atoms with Gasteiger partial charge in [0, 0.05) is 30.3 Å². The number of nitrogens with one attached hydrogen (secondary N) is 1. The Morgan fingerprint density at radius 1 is 1.19 bits per heavy atom. The molecule has 1 amide bonds. The summed E-state index contributed by atoms with van der Waals surface area (Å²) in [7, 11) is 0. The second kappa shape index (κ2) is 7.53. The Hall–Kier alpha value is -2.29. The Balaban J connectivity index is 2.06. The summed E-state index contributed by atoms with van der Waals surface area (Å²) in [6.07, 6.45) is -4.00. The molecule has 10 heteroatoms. The van der Waals surface area contributed by atoms with Gasteiger partial charge in [0.2, 0.25) is 0 Å². The van der Waals surface area contributed by atoms with Crippen molar-refractivity contribution in [2.45, 2.75) is 19.5 Å². The van der Waals surface area contributed by atoms with Crippen LogP contribution in [0.25, 0.3) is 0 Å². The normalized spacial score (nSPS) is 11.5. The lowest BCUT2D eigenvalue weighted by Crippen LogP contribution is -2.27. The number of halogens is 7. The summed E-state index contributed by atoms with van der Waals surface area (Å²) in [6, 6.07) is 1.27. The van der Waals surface area contributed by atoms with Gasteiger partial charge in [0.05, 0.1) is 16.3 Å². The molecule has 0 saturated carbocycles. The highest BCUT2D eigenvalue weighted by molar-refractivity contribution is 6.31. The van der Waals surface area contributed by atoms with E-state index in [1.807, 2.05) is 0 Å². The molecule has 2 rings (SSSR count). The van der Waals surface area contributed by atoms with Crippen molar-refractivity contribution in [1.82, 2.24) is 10.3 Å². The van der Waals surface area contributed by atoms with Crippen molar-refractivity contribution in [3.05, 3.63) is 63.2 Å². The van der Waals surface area contributed by atoms with E-state index in [4.69, 9.17) is 11.6 Å². The van der Waals surface area contributed by atoms with Gasteiger partial charge in [-0.2, -0.15) is 13.2 Å². The first-order valence-electron chi connectivity index (χ1n) is 7.16. The molecule has 0 bridgehead atoms. The van der Waals surface area contributed by atoms with Gasteiger partial charge >= 0.3 is 6.18 Å². The van der Waals surface area contributed by atoms with E-state index >= 15 is 0 Å². The number of rotatable bonds is 4. The molecule has 0 saturated heterocycles. The predicted octanol–water partition coefficient (Wildman–Crippen LogP) is 4.45. The first-order valence-corrected chi connectivity index (χ1v) is 7.54. The van der Waals surface area contributed by atoms with Crippen LogP contribution in [0, 0.1) is 24.4 Å². The fourth-order valence-electron chi connectivity index (χ4n) is 2.12. The van der Waals surface area contributed by atoms with Gasteiger partial charge < -0.3 is 5.32 Å². The van der Waals surface area contributed by atoms with Gasteiger partial charge in [-0.05, 0) is 19.1 Å². The molecular weight excluding hydrogens is 386 g/mol. The summed E-state index contributed by atoms with van der Waals surface area (Å²) >= 11 is 5.74. The van der Waals surface area contributed by atoms with Crippen molar-refractivity contribution in [3.8, 4) is 0 Å². The molecule has 0 aliphatic heterocycles. The highest BCUT2D eigenvalue weighted by Crippen LogP contribution is 2.31. The molecule has 0 atom stereocenters. The number of pyridine rings is 1. The van der Waals surface area contributed by atoms with Gasteiger partial charge in [-0.15, -0.1) is 0 Å². The SMILES string of the molecule is Cc1c(C(=O)NCCc2ncc(C(F)(F)F)cc2Cl)cc(F)c(F)c1F. The third-order valence-corrected chi connectivity index (χ3v) is 3.87. The van der Waals surface area contributed by atoms with E-state index < -0.39 is 40.7 Å². The first-order chi connectivity index (χ1) is 12.0. The molecule has 1 N–H and O–H groups in total. The van der Waals surface area contributed by atoms with E-state index in [0.717, 1.165) is 6.92 Å². The smallest absolute Gasteiger partial charge is 0.352 e. The van der Waals surface area contributed by atoms with Gasteiger partial charge in [0.25, 0.3) is 5.91 Å². The fourth-order valence-corrected chi connectivity index (χ4v) is 2.38. The Kier molecular flexibility index (Phi) is 5.80. The third-order valence-electron chi connectivity index (χ3n) is 3.54. The number of carbonyl (C=O) groups excluding carboxylic acids is 1. The Bertz CT molecular complexity index is 854. The van der Waals surface area contributed by atoms with Crippen molar-refractivity contribution < 1.29 is 31.1 Å². The molecular formula is C16H11ClF6N2O. The van der Waals surface area contributed by atoms with Gasteiger partial charge in [-0.1, -0.05) is 11.6 Å². The number of aromatic nitrogens is 1. The average Bonchev–Trinajstić information content (AvgIpc) is 2.56.